The smallest absolute Gasteiger partial charge is 0.177 e. The third kappa shape index (κ3) is 3.77. The Hall–Kier alpha value is -1.52. The predicted molar refractivity (Wildman–Crippen MR) is 85.9 cm³/mol. The summed E-state index contributed by atoms with van der Waals surface area (Å²) in [6.07, 6.45) is 0. The van der Waals surface area contributed by atoms with E-state index in [1.54, 1.807) is 24.3 Å². The van der Waals surface area contributed by atoms with Crippen LogP contribution >= 0.6 is 15.9 Å². The zero-order chi connectivity index (χ0) is 15.4. The molecule has 0 aromatic heterocycles. The lowest BCUT2D eigenvalue weighted by molar-refractivity contribution is 0.0922. The number of Topliss-reactive ketones (excluding diaryl/α,β-unsaturated/α-hetero) is 1. The van der Waals surface area contributed by atoms with Gasteiger partial charge in [0.25, 0.3) is 0 Å². The Morgan fingerprint density at radius 2 is 1.81 bits per heavy atom. The van der Waals surface area contributed by atoms with Crippen molar-refractivity contribution >= 4 is 21.7 Å². The van der Waals surface area contributed by atoms with Crippen molar-refractivity contribution in [2.45, 2.75) is 13.0 Å². The summed E-state index contributed by atoms with van der Waals surface area (Å²) in [5, 5.41) is 0. The third-order valence-corrected chi connectivity index (χ3v) is 4.28. The second-order valence-corrected chi connectivity index (χ2v) is 5.87. The fraction of sp³-hybridized carbons (Fsp3) is 0.235. The highest BCUT2D eigenvalue weighted by atomic mass is 79.9. The molecule has 4 heteroatoms. The Morgan fingerprint density at radius 3 is 2.48 bits per heavy atom. The fourth-order valence-corrected chi connectivity index (χ4v) is 2.69. The van der Waals surface area contributed by atoms with Crippen molar-refractivity contribution in [1.29, 1.82) is 0 Å². The molecule has 0 spiro atoms. The standard InChI is InChI=1S/C17H17BrFNO/c1-12(13-7-4-6-10-16(13)19)20(2)11-17(21)14-8-3-5-9-15(14)18/h3-10,12H,11H2,1-2H3. The van der Waals surface area contributed by atoms with Crippen LogP contribution in [0.1, 0.15) is 28.9 Å². The van der Waals surface area contributed by atoms with Crippen molar-refractivity contribution in [2.75, 3.05) is 13.6 Å². The van der Waals surface area contributed by atoms with E-state index in [9.17, 15) is 9.18 Å². The minimum atomic E-state index is -0.245. The van der Waals surface area contributed by atoms with Gasteiger partial charge in [0, 0.05) is 21.6 Å². The number of halogens is 2. The summed E-state index contributed by atoms with van der Waals surface area (Å²) in [6, 6.07) is 13.8. The van der Waals surface area contributed by atoms with E-state index in [0.717, 1.165) is 4.47 Å². The summed E-state index contributed by atoms with van der Waals surface area (Å²) in [5.74, 6) is -0.238. The molecule has 0 aliphatic rings. The van der Waals surface area contributed by atoms with E-state index in [1.165, 1.54) is 6.07 Å². The molecule has 0 heterocycles. The number of nitrogens with zero attached hydrogens (tertiary/aromatic N) is 1. The van der Waals surface area contributed by atoms with Crippen LogP contribution in [0.2, 0.25) is 0 Å². The van der Waals surface area contributed by atoms with E-state index >= 15 is 0 Å². The van der Waals surface area contributed by atoms with Gasteiger partial charge in [0.1, 0.15) is 5.82 Å². The van der Waals surface area contributed by atoms with Crippen LogP contribution in [0.25, 0.3) is 0 Å². The van der Waals surface area contributed by atoms with Gasteiger partial charge in [0.15, 0.2) is 5.78 Å². The zero-order valence-corrected chi connectivity index (χ0v) is 13.6. The first-order valence-electron chi connectivity index (χ1n) is 6.73. The molecule has 2 aromatic rings. The van der Waals surface area contributed by atoms with Crippen molar-refractivity contribution in [3.63, 3.8) is 0 Å². The minimum Gasteiger partial charge on any atom is -0.293 e. The maximum atomic E-state index is 13.8. The summed E-state index contributed by atoms with van der Waals surface area (Å²) in [5.41, 5.74) is 1.24. The fourth-order valence-electron chi connectivity index (χ4n) is 2.19. The quantitative estimate of drug-likeness (QED) is 0.742. The topological polar surface area (TPSA) is 20.3 Å². The van der Waals surface area contributed by atoms with Crippen LogP contribution in [0.4, 0.5) is 4.39 Å². The van der Waals surface area contributed by atoms with E-state index in [-0.39, 0.29) is 24.2 Å². The van der Waals surface area contributed by atoms with Crippen molar-refractivity contribution < 1.29 is 9.18 Å². The molecule has 21 heavy (non-hydrogen) atoms. The Kier molecular flexibility index (Phi) is 5.26. The van der Waals surface area contributed by atoms with Gasteiger partial charge in [-0.2, -0.15) is 0 Å². The molecule has 0 saturated carbocycles. The molecule has 1 unspecified atom stereocenters. The number of likely N-dealkylation sites (N-methyl/N-ethyl adjacent to an activating group) is 1. The van der Waals surface area contributed by atoms with Crippen molar-refractivity contribution in [3.05, 3.63) is 69.9 Å². The van der Waals surface area contributed by atoms with Gasteiger partial charge in [-0.25, -0.2) is 4.39 Å². The van der Waals surface area contributed by atoms with Gasteiger partial charge < -0.3 is 0 Å². The number of carbonyl (C=O) groups excluding carboxylic acids is 1. The lowest BCUT2D eigenvalue weighted by atomic mass is 10.1. The van der Waals surface area contributed by atoms with Gasteiger partial charge >= 0.3 is 0 Å². The molecule has 0 amide bonds. The lowest BCUT2D eigenvalue weighted by Crippen LogP contribution is -2.29. The molecular weight excluding hydrogens is 333 g/mol. The Morgan fingerprint density at radius 1 is 1.19 bits per heavy atom. The highest BCUT2D eigenvalue weighted by Crippen LogP contribution is 2.23. The zero-order valence-electron chi connectivity index (χ0n) is 12.0. The average molecular weight is 350 g/mol. The highest BCUT2D eigenvalue weighted by Gasteiger charge is 2.19. The SMILES string of the molecule is CC(c1ccccc1F)N(C)CC(=O)c1ccccc1Br. The Bertz CT molecular complexity index is 644. The average Bonchev–Trinajstić information content (AvgIpc) is 2.47. The minimum absolute atomic E-state index is 0.00756. The normalized spacial score (nSPS) is 12.4. The van der Waals surface area contributed by atoms with Gasteiger partial charge in [-0.15, -0.1) is 0 Å². The highest BCUT2D eigenvalue weighted by molar-refractivity contribution is 9.10. The molecule has 0 bridgehead atoms. The number of carbonyl (C=O) groups is 1. The summed E-state index contributed by atoms with van der Waals surface area (Å²) in [7, 11) is 1.83. The first-order valence-corrected chi connectivity index (χ1v) is 7.52. The molecule has 0 aliphatic carbocycles. The number of ketones is 1. The first kappa shape index (κ1) is 15.9. The number of hydrogen-bond donors (Lipinski definition) is 0. The largest absolute Gasteiger partial charge is 0.293 e. The summed E-state index contributed by atoms with van der Waals surface area (Å²) in [6.45, 7) is 2.13. The second-order valence-electron chi connectivity index (χ2n) is 5.02. The molecule has 0 saturated heterocycles. The predicted octanol–water partition coefficient (Wildman–Crippen LogP) is 4.46. The lowest BCUT2D eigenvalue weighted by Gasteiger charge is -2.24. The van der Waals surface area contributed by atoms with Crippen LogP contribution in [0.15, 0.2) is 53.0 Å². The van der Waals surface area contributed by atoms with Crippen molar-refractivity contribution in [3.8, 4) is 0 Å². The van der Waals surface area contributed by atoms with Gasteiger partial charge in [-0.1, -0.05) is 52.3 Å². The van der Waals surface area contributed by atoms with Gasteiger partial charge in [0.05, 0.1) is 6.54 Å². The molecule has 0 radical (unpaired) electrons. The summed E-state index contributed by atoms with van der Waals surface area (Å²) in [4.78, 5) is 14.2. The maximum absolute atomic E-state index is 13.8. The summed E-state index contributed by atoms with van der Waals surface area (Å²) < 4.78 is 14.6. The van der Waals surface area contributed by atoms with Crippen LogP contribution < -0.4 is 0 Å². The van der Waals surface area contributed by atoms with Gasteiger partial charge in [0.2, 0.25) is 0 Å². The van der Waals surface area contributed by atoms with E-state index in [2.05, 4.69) is 15.9 Å². The van der Waals surface area contributed by atoms with E-state index < -0.39 is 0 Å². The monoisotopic (exact) mass is 349 g/mol. The van der Waals surface area contributed by atoms with Crippen LogP contribution in [-0.2, 0) is 0 Å². The van der Waals surface area contributed by atoms with Gasteiger partial charge in [-0.05, 0) is 26.1 Å². The van der Waals surface area contributed by atoms with Gasteiger partial charge in [-0.3, -0.25) is 9.69 Å². The number of hydrogen-bond acceptors (Lipinski definition) is 2. The number of benzene rings is 2. The van der Waals surface area contributed by atoms with Crippen molar-refractivity contribution in [2.24, 2.45) is 0 Å². The Labute approximate surface area is 132 Å². The van der Waals surface area contributed by atoms with Crippen LogP contribution in [0.3, 0.4) is 0 Å². The van der Waals surface area contributed by atoms with Crippen LogP contribution in [-0.4, -0.2) is 24.3 Å². The van der Waals surface area contributed by atoms with E-state index in [1.807, 2.05) is 37.1 Å². The maximum Gasteiger partial charge on any atom is 0.177 e. The Balaban J connectivity index is 2.11. The van der Waals surface area contributed by atoms with Crippen molar-refractivity contribution in [1.82, 2.24) is 4.90 Å². The molecule has 2 nitrogen and oxygen atoms in total. The van der Waals surface area contributed by atoms with Crippen LogP contribution in [0.5, 0.6) is 0 Å². The molecule has 0 N–H and O–H groups in total. The molecule has 0 aliphatic heterocycles. The van der Waals surface area contributed by atoms with Crippen LogP contribution in [0, 0.1) is 5.82 Å². The molecule has 2 rings (SSSR count). The number of rotatable bonds is 5. The summed E-state index contributed by atoms with van der Waals surface area (Å²) >= 11 is 3.38. The first-order chi connectivity index (χ1) is 10.0. The molecule has 1 atom stereocenters. The van der Waals surface area contributed by atoms with E-state index in [0.29, 0.717) is 11.1 Å². The molecular formula is C17H17BrFNO. The third-order valence-electron chi connectivity index (χ3n) is 3.58. The molecule has 110 valence electrons. The van der Waals surface area contributed by atoms with E-state index in [4.69, 9.17) is 0 Å². The molecule has 2 aromatic carbocycles. The molecule has 0 fully saturated rings. The second kappa shape index (κ2) is 6.96.